The van der Waals surface area contributed by atoms with Crippen LogP contribution in [0.15, 0.2) is 50.3 Å². The van der Waals surface area contributed by atoms with E-state index in [0.717, 1.165) is 20.2 Å². The molecule has 2 aromatic carbocycles. The third-order valence-electron chi connectivity index (χ3n) is 2.09. The first kappa shape index (κ1) is 14.1. The Kier molecular flexibility index (Phi) is 4.84. The molecule has 0 heterocycles. The highest BCUT2D eigenvalue weighted by Gasteiger charge is 1.97. The maximum atomic E-state index is 5.91. The summed E-state index contributed by atoms with van der Waals surface area (Å²) < 4.78 is 1.98. The molecule has 0 spiro atoms. The minimum absolute atomic E-state index is 0.574. The van der Waals surface area contributed by atoms with Gasteiger partial charge in [-0.25, -0.2) is 0 Å². The molecule has 0 saturated heterocycles. The Bertz CT molecular complexity index is 518. The SMILES string of the molecule is Clc1cc(Cl)cc(N=Cc2cc(Br)cc(Br)c2)c1. The summed E-state index contributed by atoms with van der Waals surface area (Å²) in [4.78, 5) is 4.34. The standard InChI is InChI=1S/C13H7Br2Cl2N/c14-9-1-8(2-10(15)3-9)7-18-13-5-11(16)4-12(17)6-13/h1-7H. The molecule has 0 fully saturated rings. The Balaban J connectivity index is 2.29. The highest BCUT2D eigenvalue weighted by molar-refractivity contribution is 9.11. The molecule has 18 heavy (non-hydrogen) atoms. The number of hydrogen-bond acceptors (Lipinski definition) is 1. The van der Waals surface area contributed by atoms with Crippen LogP contribution in [-0.2, 0) is 0 Å². The molecule has 1 nitrogen and oxygen atoms in total. The highest BCUT2D eigenvalue weighted by Crippen LogP contribution is 2.25. The number of hydrogen-bond donors (Lipinski definition) is 0. The molecule has 0 aliphatic carbocycles. The van der Waals surface area contributed by atoms with Gasteiger partial charge in [0.25, 0.3) is 0 Å². The van der Waals surface area contributed by atoms with Crippen molar-refractivity contribution >= 4 is 67.0 Å². The molecular weight excluding hydrogens is 401 g/mol. The van der Waals surface area contributed by atoms with Crippen molar-refractivity contribution in [2.45, 2.75) is 0 Å². The van der Waals surface area contributed by atoms with Gasteiger partial charge in [-0.2, -0.15) is 0 Å². The van der Waals surface area contributed by atoms with E-state index in [-0.39, 0.29) is 0 Å². The lowest BCUT2D eigenvalue weighted by Crippen LogP contribution is -1.81. The van der Waals surface area contributed by atoms with Crippen molar-refractivity contribution in [3.8, 4) is 0 Å². The van der Waals surface area contributed by atoms with Gasteiger partial charge in [0.05, 0.1) is 5.69 Å². The van der Waals surface area contributed by atoms with Gasteiger partial charge in [-0.15, -0.1) is 0 Å². The number of halogens is 4. The van der Waals surface area contributed by atoms with Crippen LogP contribution in [0.4, 0.5) is 5.69 Å². The average Bonchev–Trinajstić information content (AvgIpc) is 2.23. The molecular formula is C13H7Br2Cl2N. The summed E-state index contributed by atoms with van der Waals surface area (Å²) >= 11 is 18.7. The molecule has 0 N–H and O–H groups in total. The summed E-state index contributed by atoms with van der Waals surface area (Å²) in [6.07, 6.45) is 1.76. The second kappa shape index (κ2) is 6.20. The van der Waals surface area contributed by atoms with E-state index in [0.29, 0.717) is 10.0 Å². The highest BCUT2D eigenvalue weighted by atomic mass is 79.9. The topological polar surface area (TPSA) is 12.4 Å². The van der Waals surface area contributed by atoms with Crippen molar-refractivity contribution in [1.29, 1.82) is 0 Å². The van der Waals surface area contributed by atoms with Crippen molar-refractivity contribution in [3.63, 3.8) is 0 Å². The van der Waals surface area contributed by atoms with Crippen LogP contribution in [0.25, 0.3) is 0 Å². The Labute approximate surface area is 132 Å². The maximum Gasteiger partial charge on any atom is 0.0659 e. The summed E-state index contributed by atoms with van der Waals surface area (Å²) in [6.45, 7) is 0. The van der Waals surface area contributed by atoms with E-state index in [1.165, 1.54) is 0 Å². The molecule has 2 aromatic rings. The number of aliphatic imine (C=N–C) groups is 1. The van der Waals surface area contributed by atoms with Gasteiger partial charge < -0.3 is 0 Å². The lowest BCUT2D eigenvalue weighted by atomic mass is 10.2. The molecule has 5 heteroatoms. The first-order valence-electron chi connectivity index (χ1n) is 4.99. The first-order chi connectivity index (χ1) is 8.52. The fourth-order valence-corrected chi connectivity index (χ4v) is 3.26. The summed E-state index contributed by atoms with van der Waals surface area (Å²) in [7, 11) is 0. The van der Waals surface area contributed by atoms with Gasteiger partial charge in [-0.05, 0) is 42.0 Å². The lowest BCUT2D eigenvalue weighted by molar-refractivity contribution is 1.51. The second-order valence-electron chi connectivity index (χ2n) is 3.59. The molecule has 0 aliphatic rings. The quantitative estimate of drug-likeness (QED) is 0.520. The van der Waals surface area contributed by atoms with Crippen LogP contribution >= 0.6 is 55.1 Å². The van der Waals surface area contributed by atoms with Gasteiger partial charge in [0.1, 0.15) is 0 Å². The second-order valence-corrected chi connectivity index (χ2v) is 6.29. The zero-order valence-corrected chi connectivity index (χ0v) is 13.7. The van der Waals surface area contributed by atoms with Crippen molar-refractivity contribution in [1.82, 2.24) is 0 Å². The largest absolute Gasteiger partial charge is 0.256 e. The van der Waals surface area contributed by atoms with Crippen molar-refractivity contribution in [2.24, 2.45) is 4.99 Å². The van der Waals surface area contributed by atoms with Crippen LogP contribution < -0.4 is 0 Å². The number of rotatable bonds is 2. The Hall–Kier alpha value is -0.350. The summed E-state index contributed by atoms with van der Waals surface area (Å²) in [5, 5.41) is 1.15. The molecule has 0 radical (unpaired) electrons. The minimum atomic E-state index is 0.574. The van der Waals surface area contributed by atoms with Crippen LogP contribution in [0, 0.1) is 0 Å². The third-order valence-corrected chi connectivity index (χ3v) is 3.45. The molecule has 0 aromatic heterocycles. The Morgan fingerprint density at radius 2 is 1.39 bits per heavy atom. The summed E-state index contributed by atoms with van der Waals surface area (Å²) in [6, 6.07) is 11.1. The number of benzene rings is 2. The van der Waals surface area contributed by atoms with Crippen LogP contribution in [-0.4, -0.2) is 6.21 Å². The van der Waals surface area contributed by atoms with E-state index >= 15 is 0 Å². The van der Waals surface area contributed by atoms with Crippen molar-refractivity contribution < 1.29 is 0 Å². The van der Waals surface area contributed by atoms with Crippen LogP contribution in [0.3, 0.4) is 0 Å². The smallest absolute Gasteiger partial charge is 0.0659 e. The lowest BCUT2D eigenvalue weighted by Gasteiger charge is -1.99. The summed E-state index contributed by atoms with van der Waals surface area (Å²) in [5.74, 6) is 0. The predicted octanol–water partition coefficient (Wildman–Crippen LogP) is 6.27. The molecule has 0 unspecified atom stereocenters. The van der Waals surface area contributed by atoms with Crippen molar-refractivity contribution in [2.75, 3.05) is 0 Å². The van der Waals surface area contributed by atoms with Crippen molar-refractivity contribution in [3.05, 3.63) is 61.0 Å². The zero-order valence-electron chi connectivity index (χ0n) is 9.00. The Morgan fingerprint density at radius 3 is 1.94 bits per heavy atom. The monoisotopic (exact) mass is 405 g/mol. The Morgan fingerprint density at radius 1 is 0.833 bits per heavy atom. The molecule has 0 aliphatic heterocycles. The molecule has 0 bridgehead atoms. The van der Waals surface area contributed by atoms with Gasteiger partial charge in [-0.3, -0.25) is 4.99 Å². The molecule has 0 atom stereocenters. The van der Waals surface area contributed by atoms with Gasteiger partial charge in [0.2, 0.25) is 0 Å². The van der Waals surface area contributed by atoms with E-state index in [4.69, 9.17) is 23.2 Å². The van der Waals surface area contributed by atoms with Gasteiger partial charge in [0, 0.05) is 25.2 Å². The van der Waals surface area contributed by atoms with E-state index in [2.05, 4.69) is 36.9 Å². The third kappa shape index (κ3) is 4.09. The number of nitrogens with zero attached hydrogens (tertiary/aromatic N) is 1. The van der Waals surface area contributed by atoms with E-state index in [1.54, 1.807) is 24.4 Å². The fourth-order valence-electron chi connectivity index (χ4n) is 1.41. The molecule has 2 rings (SSSR count). The van der Waals surface area contributed by atoms with Crippen LogP contribution in [0.1, 0.15) is 5.56 Å². The van der Waals surface area contributed by atoms with E-state index in [9.17, 15) is 0 Å². The van der Waals surface area contributed by atoms with Gasteiger partial charge in [-0.1, -0.05) is 55.1 Å². The predicted molar refractivity (Wildman–Crippen MR) is 85.6 cm³/mol. The fraction of sp³-hybridized carbons (Fsp3) is 0. The minimum Gasteiger partial charge on any atom is -0.256 e. The zero-order chi connectivity index (χ0) is 13.1. The van der Waals surface area contributed by atoms with Gasteiger partial charge >= 0.3 is 0 Å². The van der Waals surface area contributed by atoms with Crippen LogP contribution in [0.5, 0.6) is 0 Å². The molecule has 0 amide bonds. The molecule has 0 saturated carbocycles. The van der Waals surface area contributed by atoms with E-state index in [1.807, 2.05) is 18.2 Å². The molecule has 92 valence electrons. The normalized spacial score (nSPS) is 11.1. The first-order valence-corrected chi connectivity index (χ1v) is 7.33. The maximum absolute atomic E-state index is 5.91. The summed E-state index contributed by atoms with van der Waals surface area (Å²) in [5.41, 5.74) is 1.70. The van der Waals surface area contributed by atoms with Gasteiger partial charge in [0.15, 0.2) is 0 Å². The van der Waals surface area contributed by atoms with E-state index < -0.39 is 0 Å². The average molecular weight is 408 g/mol. The van der Waals surface area contributed by atoms with Crippen LogP contribution in [0.2, 0.25) is 10.0 Å².